The highest BCUT2D eigenvalue weighted by atomic mass is 32.2. The first-order valence-electron chi connectivity index (χ1n) is 4.45. The van der Waals surface area contributed by atoms with Gasteiger partial charge < -0.3 is 15.6 Å². The van der Waals surface area contributed by atoms with Crippen molar-refractivity contribution < 1.29 is 18.3 Å². The number of nitrogens with one attached hydrogen (secondary N) is 1. The summed E-state index contributed by atoms with van der Waals surface area (Å²) in [6.07, 6.45) is 0. The minimum absolute atomic E-state index is 0.108. The number of sulfonamides is 1. The highest BCUT2D eigenvalue weighted by Crippen LogP contribution is 2.21. The van der Waals surface area contributed by atoms with Crippen molar-refractivity contribution in [1.82, 2.24) is 4.72 Å². The van der Waals surface area contributed by atoms with Crippen molar-refractivity contribution in [2.45, 2.75) is 10.3 Å². The van der Waals surface area contributed by atoms with E-state index in [0.717, 1.165) is 11.3 Å². The van der Waals surface area contributed by atoms with Gasteiger partial charge in [-0.2, -0.15) is 0 Å². The first-order chi connectivity index (χ1) is 7.49. The van der Waals surface area contributed by atoms with Crippen LogP contribution in [0.2, 0.25) is 0 Å². The van der Waals surface area contributed by atoms with Gasteiger partial charge in [-0.1, -0.05) is 0 Å². The standard InChI is InChI=1S/C8H14N2O4S2/c1-14-4-7(3-11)10-16(12,13)8-2-6(9)5-15-8/h2,5,7,10-11H,3-4,9H2,1H3. The molecule has 0 aliphatic heterocycles. The molecular formula is C8H14N2O4S2. The molecule has 0 aromatic carbocycles. The first-order valence-corrected chi connectivity index (χ1v) is 6.82. The number of anilines is 1. The Bertz CT molecular complexity index is 429. The van der Waals surface area contributed by atoms with Gasteiger partial charge in [-0.05, 0) is 6.07 Å². The summed E-state index contributed by atoms with van der Waals surface area (Å²) in [4.78, 5) is 0. The Hall–Kier alpha value is -0.670. The number of aliphatic hydroxyl groups excluding tert-OH is 1. The third-order valence-corrected chi connectivity index (χ3v) is 4.75. The highest BCUT2D eigenvalue weighted by molar-refractivity contribution is 7.91. The minimum Gasteiger partial charge on any atom is -0.398 e. The molecule has 1 unspecified atom stereocenters. The number of nitrogen functional groups attached to an aromatic ring is 1. The Kier molecular flexibility index (Phi) is 4.69. The predicted molar refractivity (Wildman–Crippen MR) is 61.8 cm³/mol. The van der Waals surface area contributed by atoms with E-state index < -0.39 is 16.1 Å². The van der Waals surface area contributed by atoms with Crippen LogP contribution in [0.15, 0.2) is 15.7 Å². The van der Waals surface area contributed by atoms with Crippen LogP contribution in [0, 0.1) is 0 Å². The van der Waals surface area contributed by atoms with E-state index in [0.29, 0.717) is 5.69 Å². The average molecular weight is 266 g/mol. The quantitative estimate of drug-likeness (QED) is 0.651. The lowest BCUT2D eigenvalue weighted by Gasteiger charge is -2.14. The first kappa shape index (κ1) is 13.4. The van der Waals surface area contributed by atoms with Crippen molar-refractivity contribution >= 4 is 27.0 Å². The largest absolute Gasteiger partial charge is 0.398 e. The number of thiophene rings is 1. The highest BCUT2D eigenvalue weighted by Gasteiger charge is 2.21. The van der Waals surface area contributed by atoms with Crippen LogP contribution in [-0.4, -0.2) is 39.9 Å². The van der Waals surface area contributed by atoms with Crippen molar-refractivity contribution in [3.63, 3.8) is 0 Å². The van der Waals surface area contributed by atoms with Crippen LogP contribution in [0.3, 0.4) is 0 Å². The van der Waals surface area contributed by atoms with E-state index in [-0.39, 0.29) is 17.4 Å². The third kappa shape index (κ3) is 3.42. The number of methoxy groups -OCH3 is 1. The second-order valence-corrected chi connectivity index (χ2v) is 6.01. The maximum absolute atomic E-state index is 11.8. The molecule has 0 fully saturated rings. The van der Waals surface area contributed by atoms with Crippen LogP contribution < -0.4 is 10.5 Å². The van der Waals surface area contributed by atoms with Crippen LogP contribution >= 0.6 is 11.3 Å². The number of aliphatic hydroxyl groups is 1. The molecule has 1 atom stereocenters. The lowest BCUT2D eigenvalue weighted by molar-refractivity contribution is 0.139. The van der Waals surface area contributed by atoms with Crippen molar-refractivity contribution in [3.8, 4) is 0 Å². The molecule has 0 aliphatic rings. The molecular weight excluding hydrogens is 252 g/mol. The molecule has 6 nitrogen and oxygen atoms in total. The van der Waals surface area contributed by atoms with E-state index in [2.05, 4.69) is 4.72 Å². The average Bonchev–Trinajstić information content (AvgIpc) is 2.64. The second-order valence-electron chi connectivity index (χ2n) is 3.16. The fraction of sp³-hybridized carbons (Fsp3) is 0.500. The van der Waals surface area contributed by atoms with E-state index in [9.17, 15) is 8.42 Å². The Morgan fingerprint density at radius 3 is 2.81 bits per heavy atom. The van der Waals surface area contributed by atoms with E-state index in [1.165, 1.54) is 13.2 Å². The van der Waals surface area contributed by atoms with E-state index >= 15 is 0 Å². The summed E-state index contributed by atoms with van der Waals surface area (Å²) in [6, 6.07) is 0.715. The van der Waals surface area contributed by atoms with Crippen LogP contribution in [0.5, 0.6) is 0 Å². The maximum atomic E-state index is 11.8. The molecule has 0 aliphatic carbocycles. The van der Waals surface area contributed by atoms with Crippen molar-refractivity contribution in [2.24, 2.45) is 0 Å². The second kappa shape index (κ2) is 5.60. The molecule has 1 aromatic rings. The van der Waals surface area contributed by atoms with Crippen LogP contribution in [-0.2, 0) is 14.8 Å². The molecule has 0 saturated carbocycles. The Balaban J connectivity index is 2.78. The summed E-state index contributed by atoms with van der Waals surface area (Å²) >= 11 is 1.03. The van der Waals surface area contributed by atoms with E-state index in [1.54, 1.807) is 5.38 Å². The molecule has 4 N–H and O–H groups in total. The van der Waals surface area contributed by atoms with Crippen LogP contribution in [0.25, 0.3) is 0 Å². The zero-order valence-corrected chi connectivity index (χ0v) is 10.3. The van der Waals surface area contributed by atoms with Crippen molar-refractivity contribution in [3.05, 3.63) is 11.4 Å². The fourth-order valence-corrected chi connectivity index (χ4v) is 3.38. The van der Waals surface area contributed by atoms with Gasteiger partial charge >= 0.3 is 0 Å². The molecule has 16 heavy (non-hydrogen) atoms. The van der Waals surface area contributed by atoms with Gasteiger partial charge in [0.05, 0.1) is 19.3 Å². The lowest BCUT2D eigenvalue weighted by atomic mass is 10.4. The molecule has 1 rings (SSSR count). The van der Waals surface area contributed by atoms with Crippen molar-refractivity contribution in [1.29, 1.82) is 0 Å². The monoisotopic (exact) mass is 266 g/mol. The summed E-state index contributed by atoms with van der Waals surface area (Å²) in [7, 11) is -2.19. The zero-order chi connectivity index (χ0) is 12.2. The topological polar surface area (TPSA) is 102 Å². The number of ether oxygens (including phenoxy) is 1. The van der Waals surface area contributed by atoms with Gasteiger partial charge in [-0.25, -0.2) is 13.1 Å². The summed E-state index contributed by atoms with van der Waals surface area (Å²) in [5, 5.41) is 10.5. The summed E-state index contributed by atoms with van der Waals surface area (Å²) < 4.78 is 30.8. The smallest absolute Gasteiger partial charge is 0.250 e. The predicted octanol–water partition coefficient (Wildman–Crippen LogP) is -0.384. The minimum atomic E-state index is -3.62. The Morgan fingerprint density at radius 2 is 2.38 bits per heavy atom. The molecule has 0 bridgehead atoms. The molecule has 0 spiro atoms. The SMILES string of the molecule is COCC(CO)NS(=O)(=O)c1cc(N)cs1. The molecule has 92 valence electrons. The Labute approximate surface area is 98.1 Å². The van der Waals surface area contributed by atoms with E-state index in [4.69, 9.17) is 15.6 Å². The van der Waals surface area contributed by atoms with Gasteiger partial charge in [-0.15, -0.1) is 11.3 Å². The van der Waals surface area contributed by atoms with Gasteiger partial charge in [0.15, 0.2) is 0 Å². The number of hydrogen-bond acceptors (Lipinski definition) is 6. The number of hydrogen-bond donors (Lipinski definition) is 3. The maximum Gasteiger partial charge on any atom is 0.250 e. The molecule has 8 heteroatoms. The van der Waals surface area contributed by atoms with Crippen LogP contribution in [0.1, 0.15) is 0 Å². The van der Waals surface area contributed by atoms with Gasteiger partial charge in [0.1, 0.15) is 4.21 Å². The van der Waals surface area contributed by atoms with Crippen LogP contribution in [0.4, 0.5) is 5.69 Å². The zero-order valence-electron chi connectivity index (χ0n) is 8.71. The number of rotatable bonds is 6. The van der Waals surface area contributed by atoms with E-state index in [1.807, 2.05) is 0 Å². The summed E-state index contributed by atoms with van der Waals surface area (Å²) in [5.74, 6) is 0. The normalized spacial score (nSPS) is 13.9. The summed E-state index contributed by atoms with van der Waals surface area (Å²) in [6.45, 7) is -0.218. The van der Waals surface area contributed by atoms with Crippen molar-refractivity contribution in [2.75, 3.05) is 26.1 Å². The molecule has 0 radical (unpaired) electrons. The van der Waals surface area contributed by atoms with Gasteiger partial charge in [0.25, 0.3) is 10.0 Å². The molecule has 1 heterocycles. The Morgan fingerprint density at radius 1 is 1.69 bits per heavy atom. The lowest BCUT2D eigenvalue weighted by Crippen LogP contribution is -2.40. The number of nitrogens with two attached hydrogens (primary N) is 1. The molecule has 1 aromatic heterocycles. The molecule has 0 amide bonds. The fourth-order valence-electron chi connectivity index (χ4n) is 1.07. The molecule has 0 saturated heterocycles. The van der Waals surface area contributed by atoms with Gasteiger partial charge in [-0.3, -0.25) is 0 Å². The third-order valence-electron chi connectivity index (χ3n) is 1.77. The van der Waals surface area contributed by atoms with Gasteiger partial charge in [0, 0.05) is 18.2 Å². The summed E-state index contributed by atoms with van der Waals surface area (Å²) in [5.41, 5.74) is 5.84. The van der Waals surface area contributed by atoms with Gasteiger partial charge in [0.2, 0.25) is 0 Å².